The normalized spacial score (nSPS) is 17.8. The molecule has 1 fully saturated rings. The first-order chi connectivity index (χ1) is 6.74. The summed E-state index contributed by atoms with van der Waals surface area (Å²) in [5, 5.41) is 2.99. The molecule has 0 unspecified atom stereocenters. The van der Waals surface area contributed by atoms with Gasteiger partial charge in [-0.05, 0) is 6.08 Å². The standard InChI is InChI=1S/C10H16N2O2/c1-2-9(13)4-3-6-12-7-5-11-8-10(12)14/h3-4,11H,2,5-8H2,1H3/b4-3+. The van der Waals surface area contributed by atoms with Gasteiger partial charge in [-0.15, -0.1) is 0 Å². The van der Waals surface area contributed by atoms with Crippen molar-refractivity contribution in [1.29, 1.82) is 0 Å². The zero-order chi connectivity index (χ0) is 10.4. The molecule has 1 heterocycles. The quantitative estimate of drug-likeness (QED) is 0.641. The molecule has 0 bridgehead atoms. The summed E-state index contributed by atoms with van der Waals surface area (Å²) in [6.07, 6.45) is 3.83. The number of nitrogens with one attached hydrogen (secondary N) is 1. The van der Waals surface area contributed by atoms with Crippen LogP contribution in [0.3, 0.4) is 0 Å². The fraction of sp³-hybridized carbons (Fsp3) is 0.600. The van der Waals surface area contributed by atoms with Crippen LogP contribution in [-0.2, 0) is 9.59 Å². The summed E-state index contributed by atoms with van der Waals surface area (Å²) in [6, 6.07) is 0. The minimum atomic E-state index is 0.102. The van der Waals surface area contributed by atoms with E-state index in [0.29, 0.717) is 19.5 Å². The van der Waals surface area contributed by atoms with E-state index in [4.69, 9.17) is 0 Å². The summed E-state index contributed by atoms with van der Waals surface area (Å²) in [5.41, 5.74) is 0. The SMILES string of the molecule is CCC(=O)/C=C/CN1CCNCC1=O. The number of carbonyl (C=O) groups is 2. The Hall–Kier alpha value is -1.16. The van der Waals surface area contributed by atoms with E-state index in [1.165, 1.54) is 0 Å². The number of allylic oxidation sites excluding steroid dienone is 1. The van der Waals surface area contributed by atoms with Gasteiger partial charge in [0.15, 0.2) is 5.78 Å². The average Bonchev–Trinajstić information content (AvgIpc) is 2.20. The maximum atomic E-state index is 11.3. The van der Waals surface area contributed by atoms with E-state index in [2.05, 4.69) is 5.32 Å². The third-order valence-corrected chi connectivity index (χ3v) is 2.17. The Balaban J connectivity index is 2.32. The van der Waals surface area contributed by atoms with Crippen LogP contribution in [-0.4, -0.2) is 42.8 Å². The Morgan fingerprint density at radius 2 is 2.43 bits per heavy atom. The predicted molar refractivity (Wildman–Crippen MR) is 53.9 cm³/mol. The molecule has 1 saturated heterocycles. The zero-order valence-electron chi connectivity index (χ0n) is 8.45. The molecule has 14 heavy (non-hydrogen) atoms. The van der Waals surface area contributed by atoms with E-state index in [0.717, 1.165) is 13.1 Å². The number of nitrogens with zero attached hydrogens (tertiary/aromatic N) is 1. The lowest BCUT2D eigenvalue weighted by molar-refractivity contribution is -0.131. The molecule has 0 spiro atoms. The van der Waals surface area contributed by atoms with Crippen molar-refractivity contribution in [2.45, 2.75) is 13.3 Å². The second-order valence-electron chi connectivity index (χ2n) is 3.24. The predicted octanol–water partition coefficient (Wildman–Crippen LogP) is -0.0465. The van der Waals surface area contributed by atoms with Crippen molar-refractivity contribution < 1.29 is 9.59 Å². The van der Waals surface area contributed by atoms with Gasteiger partial charge in [-0.3, -0.25) is 9.59 Å². The third-order valence-electron chi connectivity index (χ3n) is 2.17. The molecular formula is C10H16N2O2. The van der Waals surface area contributed by atoms with E-state index in [1.54, 1.807) is 17.1 Å². The largest absolute Gasteiger partial charge is 0.337 e. The molecule has 1 aliphatic heterocycles. The highest BCUT2D eigenvalue weighted by Gasteiger charge is 2.15. The fourth-order valence-corrected chi connectivity index (χ4v) is 1.27. The van der Waals surface area contributed by atoms with Crippen LogP contribution in [0.25, 0.3) is 0 Å². The number of ketones is 1. The van der Waals surface area contributed by atoms with Crippen LogP contribution >= 0.6 is 0 Å². The van der Waals surface area contributed by atoms with Gasteiger partial charge in [-0.2, -0.15) is 0 Å². The summed E-state index contributed by atoms with van der Waals surface area (Å²) in [6.45, 7) is 4.34. The van der Waals surface area contributed by atoms with E-state index in [1.807, 2.05) is 6.92 Å². The minimum Gasteiger partial charge on any atom is -0.337 e. The highest BCUT2D eigenvalue weighted by atomic mass is 16.2. The van der Waals surface area contributed by atoms with Gasteiger partial charge in [0, 0.05) is 26.1 Å². The lowest BCUT2D eigenvalue weighted by atomic mass is 10.2. The van der Waals surface area contributed by atoms with Crippen LogP contribution in [0.5, 0.6) is 0 Å². The van der Waals surface area contributed by atoms with Crippen molar-refractivity contribution in [2.75, 3.05) is 26.2 Å². The van der Waals surface area contributed by atoms with Crippen molar-refractivity contribution >= 4 is 11.7 Å². The summed E-state index contributed by atoms with van der Waals surface area (Å²) >= 11 is 0. The van der Waals surface area contributed by atoms with Gasteiger partial charge in [0.1, 0.15) is 0 Å². The molecule has 1 aliphatic rings. The van der Waals surface area contributed by atoms with Crippen LogP contribution in [0.4, 0.5) is 0 Å². The van der Waals surface area contributed by atoms with E-state index in [-0.39, 0.29) is 11.7 Å². The van der Waals surface area contributed by atoms with E-state index in [9.17, 15) is 9.59 Å². The molecule has 1 N–H and O–H groups in total. The van der Waals surface area contributed by atoms with Gasteiger partial charge < -0.3 is 10.2 Å². The van der Waals surface area contributed by atoms with Crippen molar-refractivity contribution in [2.24, 2.45) is 0 Å². The van der Waals surface area contributed by atoms with Gasteiger partial charge in [0.05, 0.1) is 6.54 Å². The molecule has 4 heteroatoms. The molecule has 0 aromatic heterocycles. The van der Waals surface area contributed by atoms with Gasteiger partial charge in [0.2, 0.25) is 5.91 Å². The molecule has 1 rings (SSSR count). The first kappa shape index (κ1) is 10.9. The molecule has 0 radical (unpaired) electrons. The molecule has 0 aromatic carbocycles. The Kier molecular flexibility index (Phi) is 4.32. The summed E-state index contributed by atoms with van der Waals surface area (Å²) in [7, 11) is 0. The van der Waals surface area contributed by atoms with E-state index < -0.39 is 0 Å². The molecular weight excluding hydrogens is 180 g/mol. The van der Waals surface area contributed by atoms with Gasteiger partial charge in [-0.25, -0.2) is 0 Å². The number of carbonyl (C=O) groups excluding carboxylic acids is 2. The maximum absolute atomic E-state index is 11.3. The lowest BCUT2D eigenvalue weighted by Crippen LogP contribution is -2.47. The highest BCUT2D eigenvalue weighted by Crippen LogP contribution is 1.94. The molecule has 78 valence electrons. The van der Waals surface area contributed by atoms with Crippen LogP contribution in [0, 0.1) is 0 Å². The number of hydrogen-bond donors (Lipinski definition) is 1. The fourth-order valence-electron chi connectivity index (χ4n) is 1.27. The summed E-state index contributed by atoms with van der Waals surface area (Å²) in [4.78, 5) is 24.0. The molecule has 1 amide bonds. The van der Waals surface area contributed by atoms with Crippen LogP contribution in [0.15, 0.2) is 12.2 Å². The number of amides is 1. The molecule has 0 aromatic rings. The topological polar surface area (TPSA) is 49.4 Å². The van der Waals surface area contributed by atoms with Gasteiger partial charge in [0.25, 0.3) is 0 Å². The average molecular weight is 196 g/mol. The van der Waals surface area contributed by atoms with Crippen molar-refractivity contribution in [3.8, 4) is 0 Å². The maximum Gasteiger partial charge on any atom is 0.236 e. The lowest BCUT2D eigenvalue weighted by Gasteiger charge is -2.25. The van der Waals surface area contributed by atoms with E-state index >= 15 is 0 Å². The zero-order valence-corrected chi connectivity index (χ0v) is 8.45. The van der Waals surface area contributed by atoms with Crippen molar-refractivity contribution in [1.82, 2.24) is 10.2 Å². The Labute approximate surface area is 84.0 Å². The monoisotopic (exact) mass is 196 g/mol. The number of hydrogen-bond acceptors (Lipinski definition) is 3. The van der Waals surface area contributed by atoms with Crippen LogP contribution < -0.4 is 5.32 Å². The minimum absolute atomic E-state index is 0.102. The van der Waals surface area contributed by atoms with Gasteiger partial charge >= 0.3 is 0 Å². The second kappa shape index (κ2) is 5.54. The third kappa shape index (κ3) is 3.30. The molecule has 0 atom stereocenters. The summed E-state index contributed by atoms with van der Waals surface area (Å²) in [5.74, 6) is 0.206. The Morgan fingerprint density at radius 3 is 3.07 bits per heavy atom. The number of piperazine rings is 1. The van der Waals surface area contributed by atoms with Crippen LogP contribution in [0.1, 0.15) is 13.3 Å². The van der Waals surface area contributed by atoms with Crippen LogP contribution in [0.2, 0.25) is 0 Å². The second-order valence-corrected chi connectivity index (χ2v) is 3.24. The molecule has 0 aliphatic carbocycles. The van der Waals surface area contributed by atoms with Gasteiger partial charge in [-0.1, -0.05) is 13.0 Å². The summed E-state index contributed by atoms with van der Waals surface area (Å²) < 4.78 is 0. The van der Waals surface area contributed by atoms with Crippen molar-refractivity contribution in [3.05, 3.63) is 12.2 Å². The number of rotatable bonds is 4. The smallest absolute Gasteiger partial charge is 0.236 e. The molecule has 0 saturated carbocycles. The first-order valence-electron chi connectivity index (χ1n) is 4.92. The Morgan fingerprint density at radius 1 is 1.64 bits per heavy atom. The molecule has 4 nitrogen and oxygen atoms in total. The Bertz CT molecular complexity index is 249. The van der Waals surface area contributed by atoms with Crippen molar-refractivity contribution in [3.63, 3.8) is 0 Å². The first-order valence-corrected chi connectivity index (χ1v) is 4.92. The highest BCUT2D eigenvalue weighted by molar-refractivity contribution is 5.89.